The molecule has 0 aliphatic carbocycles. The fraction of sp³-hybridized carbons (Fsp3) is 0.571. The lowest BCUT2D eigenvalue weighted by atomic mass is 10.2. The number of nitrogens with one attached hydrogen (secondary N) is 1. The number of hydrogen-bond acceptors (Lipinski definition) is 4. The third-order valence-electron chi connectivity index (χ3n) is 2.52. The first-order valence-electron chi connectivity index (χ1n) is 6.64. The zero-order chi connectivity index (χ0) is 14.8. The van der Waals surface area contributed by atoms with Crippen molar-refractivity contribution in [3.63, 3.8) is 0 Å². The smallest absolute Gasteiger partial charge is 0.387 e. The minimum absolute atomic E-state index is 0.180. The molecule has 0 amide bonds. The molecule has 0 atom stereocenters. The van der Waals surface area contributed by atoms with Gasteiger partial charge < -0.3 is 19.5 Å². The molecular formula is C14H21F2NO3. The Bertz CT molecular complexity index is 371. The molecule has 0 bridgehead atoms. The first-order valence-corrected chi connectivity index (χ1v) is 6.64. The average Bonchev–Trinajstić information content (AvgIpc) is 2.40. The van der Waals surface area contributed by atoms with Gasteiger partial charge in [-0.1, -0.05) is 18.2 Å². The van der Waals surface area contributed by atoms with E-state index in [2.05, 4.69) is 10.1 Å². The molecule has 1 aromatic rings. The van der Waals surface area contributed by atoms with Gasteiger partial charge in [0.1, 0.15) is 5.75 Å². The van der Waals surface area contributed by atoms with Gasteiger partial charge in [-0.2, -0.15) is 8.78 Å². The summed E-state index contributed by atoms with van der Waals surface area (Å²) in [5, 5.41) is 3.11. The number of rotatable bonds is 10. The fourth-order valence-electron chi connectivity index (χ4n) is 1.72. The summed E-state index contributed by atoms with van der Waals surface area (Å²) in [6.45, 7) is 2.94. The second-order valence-electron chi connectivity index (χ2n) is 3.96. The maximum atomic E-state index is 12.3. The summed E-state index contributed by atoms with van der Waals surface area (Å²) in [6, 6.07) is 6.69. The monoisotopic (exact) mass is 289 g/mol. The number of halogens is 2. The first kappa shape index (κ1) is 16.8. The van der Waals surface area contributed by atoms with Crippen molar-refractivity contribution in [1.82, 2.24) is 5.32 Å². The summed E-state index contributed by atoms with van der Waals surface area (Å²) in [5.41, 5.74) is 0.666. The van der Waals surface area contributed by atoms with Crippen LogP contribution >= 0.6 is 0 Å². The normalized spacial score (nSPS) is 11.3. The van der Waals surface area contributed by atoms with Crippen molar-refractivity contribution >= 4 is 0 Å². The van der Waals surface area contributed by atoms with Crippen molar-refractivity contribution in [3.8, 4) is 5.75 Å². The predicted molar refractivity (Wildman–Crippen MR) is 71.8 cm³/mol. The Kier molecular flexibility index (Phi) is 8.10. The van der Waals surface area contributed by atoms with Gasteiger partial charge in [-0.05, 0) is 19.9 Å². The topological polar surface area (TPSA) is 39.7 Å². The molecule has 0 radical (unpaired) electrons. The SMILES string of the molecule is CCOC(CNCc1ccccc1OC(F)F)OCC. The summed E-state index contributed by atoms with van der Waals surface area (Å²) in [7, 11) is 0. The number of benzene rings is 1. The molecule has 0 saturated heterocycles. The highest BCUT2D eigenvalue weighted by atomic mass is 19.3. The fourth-order valence-corrected chi connectivity index (χ4v) is 1.72. The molecule has 0 unspecified atom stereocenters. The Morgan fingerprint density at radius 2 is 1.75 bits per heavy atom. The van der Waals surface area contributed by atoms with E-state index in [9.17, 15) is 8.78 Å². The van der Waals surface area contributed by atoms with Crippen LogP contribution in [0.5, 0.6) is 5.75 Å². The minimum Gasteiger partial charge on any atom is -0.434 e. The first-order chi connectivity index (χ1) is 9.67. The van der Waals surface area contributed by atoms with Crippen LogP contribution in [-0.2, 0) is 16.0 Å². The molecule has 1 rings (SSSR count). The molecular weight excluding hydrogens is 268 g/mol. The Balaban J connectivity index is 2.48. The lowest BCUT2D eigenvalue weighted by Crippen LogP contribution is -2.31. The quantitative estimate of drug-likeness (QED) is 0.672. The minimum atomic E-state index is -2.82. The largest absolute Gasteiger partial charge is 0.434 e. The molecule has 0 aliphatic rings. The van der Waals surface area contributed by atoms with Crippen LogP contribution < -0.4 is 10.1 Å². The summed E-state index contributed by atoms with van der Waals surface area (Å²) in [6.07, 6.45) is -0.340. The van der Waals surface area contributed by atoms with Crippen molar-refractivity contribution in [3.05, 3.63) is 29.8 Å². The van der Waals surface area contributed by atoms with Crippen molar-refractivity contribution in [2.45, 2.75) is 33.3 Å². The Morgan fingerprint density at radius 1 is 1.10 bits per heavy atom. The van der Waals surface area contributed by atoms with Crippen LogP contribution in [0.2, 0.25) is 0 Å². The van der Waals surface area contributed by atoms with Crippen molar-refractivity contribution in [2.75, 3.05) is 19.8 Å². The van der Waals surface area contributed by atoms with E-state index >= 15 is 0 Å². The zero-order valence-electron chi connectivity index (χ0n) is 11.8. The maximum Gasteiger partial charge on any atom is 0.387 e. The van der Waals surface area contributed by atoms with E-state index in [0.29, 0.717) is 31.9 Å². The third kappa shape index (κ3) is 6.27. The van der Waals surface area contributed by atoms with Gasteiger partial charge in [-0.25, -0.2) is 0 Å². The van der Waals surface area contributed by atoms with Crippen LogP contribution in [0.15, 0.2) is 24.3 Å². The predicted octanol–water partition coefficient (Wildman–Crippen LogP) is 2.78. The van der Waals surface area contributed by atoms with Gasteiger partial charge >= 0.3 is 6.61 Å². The summed E-state index contributed by atoms with van der Waals surface area (Å²) in [4.78, 5) is 0. The van der Waals surface area contributed by atoms with Gasteiger partial charge in [0.2, 0.25) is 0 Å². The van der Waals surface area contributed by atoms with E-state index in [1.165, 1.54) is 6.07 Å². The highest BCUT2D eigenvalue weighted by Crippen LogP contribution is 2.19. The standard InChI is InChI=1S/C14H21F2NO3/c1-3-18-13(19-4-2)10-17-9-11-7-5-6-8-12(11)20-14(15)16/h5-8,13-14,17H,3-4,9-10H2,1-2H3. The van der Waals surface area contributed by atoms with Gasteiger partial charge in [-0.3, -0.25) is 0 Å². The Labute approximate surface area is 118 Å². The summed E-state index contributed by atoms with van der Waals surface area (Å²) in [5.74, 6) is 0.180. The lowest BCUT2D eigenvalue weighted by Gasteiger charge is -2.18. The molecule has 6 heteroatoms. The molecule has 114 valence electrons. The van der Waals surface area contributed by atoms with Crippen LogP contribution in [0.25, 0.3) is 0 Å². The highest BCUT2D eigenvalue weighted by molar-refractivity contribution is 5.33. The number of para-hydroxylation sites is 1. The zero-order valence-corrected chi connectivity index (χ0v) is 11.8. The molecule has 0 fully saturated rings. The van der Waals surface area contributed by atoms with E-state index in [0.717, 1.165) is 0 Å². The van der Waals surface area contributed by atoms with Gasteiger partial charge in [-0.15, -0.1) is 0 Å². The van der Waals surface area contributed by atoms with Crippen LogP contribution in [0.3, 0.4) is 0 Å². The van der Waals surface area contributed by atoms with Crippen molar-refractivity contribution < 1.29 is 23.0 Å². The van der Waals surface area contributed by atoms with Gasteiger partial charge in [0.05, 0.1) is 0 Å². The van der Waals surface area contributed by atoms with E-state index in [4.69, 9.17) is 9.47 Å². The molecule has 0 aromatic heterocycles. The molecule has 1 aromatic carbocycles. The molecule has 0 saturated carbocycles. The molecule has 20 heavy (non-hydrogen) atoms. The Hall–Kier alpha value is -1.24. The average molecular weight is 289 g/mol. The number of ether oxygens (including phenoxy) is 3. The molecule has 1 N–H and O–H groups in total. The molecule has 4 nitrogen and oxygen atoms in total. The van der Waals surface area contributed by atoms with E-state index in [1.54, 1.807) is 18.2 Å². The number of hydrogen-bond donors (Lipinski definition) is 1. The van der Waals surface area contributed by atoms with E-state index < -0.39 is 6.61 Å². The van der Waals surface area contributed by atoms with E-state index in [1.807, 2.05) is 13.8 Å². The molecule has 0 spiro atoms. The summed E-state index contributed by atoms with van der Waals surface area (Å²) >= 11 is 0. The highest BCUT2D eigenvalue weighted by Gasteiger charge is 2.10. The van der Waals surface area contributed by atoms with Crippen LogP contribution in [0.1, 0.15) is 19.4 Å². The van der Waals surface area contributed by atoms with Crippen LogP contribution in [-0.4, -0.2) is 32.7 Å². The van der Waals surface area contributed by atoms with Crippen LogP contribution in [0.4, 0.5) is 8.78 Å². The van der Waals surface area contributed by atoms with Gasteiger partial charge in [0, 0.05) is 31.9 Å². The number of alkyl halides is 2. The van der Waals surface area contributed by atoms with Gasteiger partial charge in [0.25, 0.3) is 0 Å². The van der Waals surface area contributed by atoms with Crippen molar-refractivity contribution in [2.24, 2.45) is 0 Å². The molecule has 0 heterocycles. The van der Waals surface area contributed by atoms with Crippen molar-refractivity contribution in [1.29, 1.82) is 0 Å². The lowest BCUT2D eigenvalue weighted by molar-refractivity contribution is -0.133. The Morgan fingerprint density at radius 3 is 2.35 bits per heavy atom. The van der Waals surface area contributed by atoms with E-state index in [-0.39, 0.29) is 12.0 Å². The second-order valence-corrected chi connectivity index (χ2v) is 3.96. The summed E-state index contributed by atoms with van der Waals surface area (Å²) < 4.78 is 39.8. The third-order valence-corrected chi connectivity index (χ3v) is 2.52. The molecule has 0 aliphatic heterocycles. The van der Waals surface area contributed by atoms with Gasteiger partial charge in [0.15, 0.2) is 6.29 Å². The maximum absolute atomic E-state index is 12.3. The second kappa shape index (κ2) is 9.63. The van der Waals surface area contributed by atoms with Crippen LogP contribution in [0, 0.1) is 0 Å².